The summed E-state index contributed by atoms with van der Waals surface area (Å²) in [7, 11) is 0. The van der Waals surface area contributed by atoms with Gasteiger partial charge in [-0.1, -0.05) is 97.1 Å². The molecule has 0 N–H and O–H groups in total. The van der Waals surface area contributed by atoms with Crippen LogP contribution >= 0.6 is 0 Å². The third kappa shape index (κ3) is 3.95. The van der Waals surface area contributed by atoms with Gasteiger partial charge in [0, 0.05) is 32.9 Å². The molecule has 0 unspecified atom stereocenters. The van der Waals surface area contributed by atoms with Crippen LogP contribution in [0.25, 0.3) is 67.1 Å². The molecular weight excluding hydrogens is 508 g/mol. The number of para-hydroxylation sites is 2. The van der Waals surface area contributed by atoms with E-state index in [2.05, 4.69) is 169 Å². The Balaban J connectivity index is 1.11. The summed E-state index contributed by atoms with van der Waals surface area (Å²) in [5, 5.41) is 5.16. The minimum atomic E-state index is 1.17. The van der Waals surface area contributed by atoms with Gasteiger partial charge in [0.25, 0.3) is 0 Å². The van der Waals surface area contributed by atoms with Crippen LogP contribution in [0.5, 0.6) is 0 Å². The maximum absolute atomic E-state index is 2.39. The van der Waals surface area contributed by atoms with Crippen molar-refractivity contribution in [2.24, 2.45) is 0 Å². The Morgan fingerprint density at radius 1 is 0.381 bits per heavy atom. The number of benzene rings is 6. The predicted octanol–water partition coefficient (Wildman–Crippen LogP) is 10.7. The van der Waals surface area contributed by atoms with Gasteiger partial charge < -0.3 is 9.13 Å². The summed E-state index contributed by atoms with van der Waals surface area (Å²) in [5.74, 6) is 0. The number of fused-ring (bicyclic) bond motifs is 6. The Morgan fingerprint density at radius 2 is 0.762 bits per heavy atom. The van der Waals surface area contributed by atoms with Gasteiger partial charge >= 0.3 is 0 Å². The molecule has 0 bridgehead atoms. The quantitative estimate of drug-likeness (QED) is 0.197. The lowest BCUT2D eigenvalue weighted by molar-refractivity contribution is 1.17. The molecule has 6 aromatic carbocycles. The highest BCUT2D eigenvalue weighted by Crippen LogP contribution is 2.34. The van der Waals surface area contributed by atoms with Gasteiger partial charge in [-0.2, -0.15) is 0 Å². The summed E-state index contributed by atoms with van der Waals surface area (Å²) in [6.07, 6.45) is 4.39. The minimum Gasteiger partial charge on any atom is -0.309 e. The molecule has 0 aliphatic heterocycles. The van der Waals surface area contributed by atoms with Crippen LogP contribution in [-0.4, -0.2) is 9.13 Å². The smallest absolute Gasteiger partial charge is 0.0543 e. The van der Waals surface area contributed by atoms with Gasteiger partial charge in [-0.15, -0.1) is 0 Å². The molecule has 200 valence electrons. The molecule has 0 atom stereocenters. The third-order valence-corrected chi connectivity index (χ3v) is 8.43. The summed E-state index contributed by atoms with van der Waals surface area (Å²) in [5.41, 5.74) is 12.2. The molecule has 0 saturated carbocycles. The van der Waals surface area contributed by atoms with E-state index in [1.165, 1.54) is 77.2 Å². The van der Waals surface area contributed by atoms with Crippen LogP contribution in [-0.2, 0) is 0 Å². The van der Waals surface area contributed by atoms with Crippen molar-refractivity contribution in [2.45, 2.75) is 13.8 Å². The van der Waals surface area contributed by atoms with Crippen molar-refractivity contribution in [3.63, 3.8) is 0 Å². The van der Waals surface area contributed by atoms with Gasteiger partial charge in [0.1, 0.15) is 0 Å². The second-order valence-electron chi connectivity index (χ2n) is 11.3. The summed E-state index contributed by atoms with van der Waals surface area (Å²) in [4.78, 5) is 0. The molecule has 0 amide bonds. The van der Waals surface area contributed by atoms with Crippen molar-refractivity contribution in [2.75, 3.05) is 0 Å². The number of nitrogens with zero attached hydrogens (tertiary/aromatic N) is 2. The normalized spacial score (nSPS) is 12.0. The Labute approximate surface area is 245 Å². The lowest BCUT2D eigenvalue weighted by atomic mass is 10.1. The van der Waals surface area contributed by atoms with E-state index in [4.69, 9.17) is 0 Å². The van der Waals surface area contributed by atoms with E-state index in [9.17, 15) is 0 Å². The molecule has 2 aromatic heterocycles. The van der Waals surface area contributed by atoms with E-state index in [1.54, 1.807) is 0 Å². The highest BCUT2D eigenvalue weighted by atomic mass is 15.0. The molecular formula is C40H30N2. The first-order valence-corrected chi connectivity index (χ1v) is 14.5. The zero-order chi connectivity index (χ0) is 28.2. The van der Waals surface area contributed by atoms with Crippen molar-refractivity contribution in [3.8, 4) is 11.4 Å². The van der Waals surface area contributed by atoms with E-state index in [0.29, 0.717) is 0 Å². The minimum absolute atomic E-state index is 1.17. The largest absolute Gasteiger partial charge is 0.309 e. The molecule has 2 heteroatoms. The molecule has 2 heterocycles. The zero-order valence-corrected chi connectivity index (χ0v) is 23.8. The topological polar surface area (TPSA) is 9.86 Å². The van der Waals surface area contributed by atoms with Crippen molar-refractivity contribution in [1.29, 1.82) is 0 Å². The molecule has 8 aromatic rings. The maximum atomic E-state index is 2.39. The van der Waals surface area contributed by atoms with Gasteiger partial charge in [-0.3, -0.25) is 0 Å². The first-order valence-electron chi connectivity index (χ1n) is 14.5. The molecule has 42 heavy (non-hydrogen) atoms. The number of aromatic nitrogens is 2. The maximum Gasteiger partial charge on any atom is 0.0543 e. The number of aryl methyl sites for hydroxylation is 2. The molecule has 0 aliphatic carbocycles. The second kappa shape index (κ2) is 9.64. The van der Waals surface area contributed by atoms with E-state index in [0.717, 1.165) is 0 Å². The fourth-order valence-electron chi connectivity index (χ4n) is 6.38. The van der Waals surface area contributed by atoms with E-state index in [1.807, 2.05) is 0 Å². The molecule has 0 spiro atoms. The van der Waals surface area contributed by atoms with Crippen LogP contribution < -0.4 is 0 Å². The zero-order valence-electron chi connectivity index (χ0n) is 23.8. The Bertz CT molecular complexity index is 2180. The Hall–Kier alpha value is -5.34. The lowest BCUT2D eigenvalue weighted by Gasteiger charge is -2.09. The van der Waals surface area contributed by atoms with Crippen molar-refractivity contribution < 1.29 is 0 Å². The van der Waals surface area contributed by atoms with Gasteiger partial charge in [-0.05, 0) is 84.6 Å². The van der Waals surface area contributed by atoms with Crippen molar-refractivity contribution in [3.05, 3.63) is 156 Å². The molecule has 0 fully saturated rings. The standard InChI is InChI=1S/C40H30N2/c1-27-11-23-35-36-24-12-28(2)26-40(36)42(39(35)25-27)32-21-17-30(18-22-32)14-13-29-15-19-31(20-16-29)41-37-9-5-3-7-33(37)34-8-4-6-10-38(34)41/h3-26H,1-2H3. The molecule has 0 radical (unpaired) electrons. The van der Waals surface area contributed by atoms with Gasteiger partial charge in [0.05, 0.1) is 22.1 Å². The first kappa shape index (κ1) is 24.5. The van der Waals surface area contributed by atoms with Gasteiger partial charge in [-0.25, -0.2) is 0 Å². The summed E-state index contributed by atoms with van der Waals surface area (Å²) >= 11 is 0. The average Bonchev–Trinajstić information content (AvgIpc) is 3.52. The fourth-order valence-corrected chi connectivity index (χ4v) is 6.38. The van der Waals surface area contributed by atoms with Crippen LogP contribution in [0.1, 0.15) is 22.3 Å². The van der Waals surface area contributed by atoms with Crippen molar-refractivity contribution in [1.82, 2.24) is 9.13 Å². The molecule has 0 aliphatic rings. The highest BCUT2D eigenvalue weighted by molar-refractivity contribution is 6.10. The van der Waals surface area contributed by atoms with E-state index >= 15 is 0 Å². The number of hydrogen-bond donors (Lipinski definition) is 0. The van der Waals surface area contributed by atoms with E-state index < -0.39 is 0 Å². The summed E-state index contributed by atoms with van der Waals surface area (Å²) < 4.78 is 4.75. The van der Waals surface area contributed by atoms with Gasteiger partial charge in [0.2, 0.25) is 0 Å². The summed E-state index contributed by atoms with van der Waals surface area (Å²) in [6, 6.07) is 48.5. The second-order valence-corrected chi connectivity index (χ2v) is 11.3. The Morgan fingerprint density at radius 3 is 1.21 bits per heavy atom. The Kier molecular flexibility index (Phi) is 5.61. The van der Waals surface area contributed by atoms with Crippen molar-refractivity contribution >= 4 is 55.8 Å². The first-order chi connectivity index (χ1) is 20.6. The summed E-state index contributed by atoms with van der Waals surface area (Å²) in [6.45, 7) is 4.33. The van der Waals surface area contributed by atoms with Crippen LogP contribution in [0.3, 0.4) is 0 Å². The van der Waals surface area contributed by atoms with Crippen LogP contribution in [0.4, 0.5) is 0 Å². The number of rotatable bonds is 4. The monoisotopic (exact) mass is 538 g/mol. The lowest BCUT2D eigenvalue weighted by Crippen LogP contribution is -1.94. The van der Waals surface area contributed by atoms with Crippen LogP contribution in [0, 0.1) is 13.8 Å². The third-order valence-electron chi connectivity index (χ3n) is 8.43. The SMILES string of the molecule is Cc1ccc2c3ccc(C)cc3n(-c3ccc(C=Cc4ccc(-n5c6ccccc6c6ccccc65)cc4)cc3)c2c1. The predicted molar refractivity (Wildman–Crippen MR) is 180 cm³/mol. The average molecular weight is 539 g/mol. The number of hydrogen-bond acceptors (Lipinski definition) is 0. The molecule has 2 nitrogen and oxygen atoms in total. The molecule has 0 saturated heterocycles. The fraction of sp³-hybridized carbons (Fsp3) is 0.0500. The van der Waals surface area contributed by atoms with E-state index in [-0.39, 0.29) is 0 Å². The van der Waals surface area contributed by atoms with Crippen LogP contribution in [0.2, 0.25) is 0 Å². The van der Waals surface area contributed by atoms with Crippen LogP contribution in [0.15, 0.2) is 133 Å². The van der Waals surface area contributed by atoms with Gasteiger partial charge in [0.15, 0.2) is 0 Å². The highest BCUT2D eigenvalue weighted by Gasteiger charge is 2.13. The molecule has 8 rings (SSSR count).